The summed E-state index contributed by atoms with van der Waals surface area (Å²) in [4.78, 5) is 3.75. The fourth-order valence-electron chi connectivity index (χ4n) is 1.89. The van der Waals surface area contributed by atoms with Crippen molar-refractivity contribution in [3.05, 3.63) is 28.8 Å². The summed E-state index contributed by atoms with van der Waals surface area (Å²) in [6.45, 7) is 11.8. The maximum Gasteiger partial charge on any atom is 0.0417 e. The first-order chi connectivity index (χ1) is 9.21. The van der Waals surface area contributed by atoms with E-state index in [9.17, 15) is 0 Å². The molecule has 0 radical (unpaired) electrons. The van der Waals surface area contributed by atoms with Gasteiger partial charge in [0.1, 0.15) is 0 Å². The SMILES string of the molecule is CCNCc1ccc(Cl)cc1SCCN(CC)CC. The highest BCUT2D eigenvalue weighted by atomic mass is 35.5. The zero-order valence-electron chi connectivity index (χ0n) is 12.2. The summed E-state index contributed by atoms with van der Waals surface area (Å²) in [5, 5.41) is 4.20. The van der Waals surface area contributed by atoms with Gasteiger partial charge in [-0.2, -0.15) is 0 Å². The molecule has 0 heterocycles. The quantitative estimate of drug-likeness (QED) is 0.697. The maximum atomic E-state index is 6.10. The Balaban J connectivity index is 2.57. The molecule has 0 unspecified atom stereocenters. The van der Waals surface area contributed by atoms with Gasteiger partial charge in [0.05, 0.1) is 0 Å². The molecule has 0 aliphatic heterocycles. The third-order valence-electron chi connectivity index (χ3n) is 3.15. The number of halogens is 1. The van der Waals surface area contributed by atoms with Crippen molar-refractivity contribution < 1.29 is 0 Å². The summed E-state index contributed by atoms with van der Waals surface area (Å²) in [5.41, 5.74) is 1.34. The summed E-state index contributed by atoms with van der Waals surface area (Å²) in [6.07, 6.45) is 0. The van der Waals surface area contributed by atoms with Crippen LogP contribution in [0.3, 0.4) is 0 Å². The van der Waals surface area contributed by atoms with Crippen LogP contribution in [-0.4, -0.2) is 36.8 Å². The second-order valence-corrected chi connectivity index (χ2v) is 5.98. The van der Waals surface area contributed by atoms with Crippen LogP contribution in [0.4, 0.5) is 0 Å². The molecule has 0 bridgehead atoms. The predicted octanol–water partition coefficient (Wildman–Crippen LogP) is 3.88. The molecule has 1 aromatic rings. The Morgan fingerprint density at radius 2 is 1.95 bits per heavy atom. The molecule has 0 amide bonds. The van der Waals surface area contributed by atoms with E-state index < -0.39 is 0 Å². The molecule has 1 aromatic carbocycles. The van der Waals surface area contributed by atoms with E-state index in [-0.39, 0.29) is 0 Å². The molecule has 0 atom stereocenters. The van der Waals surface area contributed by atoms with Gasteiger partial charge in [-0.15, -0.1) is 11.8 Å². The molecule has 0 aliphatic carbocycles. The average molecular weight is 301 g/mol. The molecule has 0 saturated heterocycles. The predicted molar refractivity (Wildman–Crippen MR) is 87.3 cm³/mol. The van der Waals surface area contributed by atoms with E-state index in [4.69, 9.17) is 11.6 Å². The third-order valence-corrected chi connectivity index (χ3v) is 4.47. The second-order valence-electron chi connectivity index (χ2n) is 4.41. The van der Waals surface area contributed by atoms with Crippen molar-refractivity contribution in [3.63, 3.8) is 0 Å². The number of hydrogen-bond acceptors (Lipinski definition) is 3. The van der Waals surface area contributed by atoms with Crippen LogP contribution in [0.15, 0.2) is 23.1 Å². The van der Waals surface area contributed by atoms with Gasteiger partial charge in [-0.1, -0.05) is 38.4 Å². The normalized spacial score (nSPS) is 11.2. The lowest BCUT2D eigenvalue weighted by atomic mass is 10.2. The summed E-state index contributed by atoms with van der Waals surface area (Å²) in [6, 6.07) is 6.19. The molecule has 0 spiro atoms. The van der Waals surface area contributed by atoms with Crippen LogP contribution in [0.1, 0.15) is 26.3 Å². The van der Waals surface area contributed by atoms with Crippen LogP contribution in [-0.2, 0) is 6.54 Å². The van der Waals surface area contributed by atoms with Gasteiger partial charge in [-0.05, 0) is 37.3 Å². The highest BCUT2D eigenvalue weighted by Gasteiger charge is 2.05. The lowest BCUT2D eigenvalue weighted by molar-refractivity contribution is 0.324. The minimum Gasteiger partial charge on any atom is -0.313 e. The van der Waals surface area contributed by atoms with Crippen LogP contribution < -0.4 is 5.32 Å². The molecule has 108 valence electrons. The molecule has 0 saturated carbocycles. The Morgan fingerprint density at radius 1 is 1.21 bits per heavy atom. The van der Waals surface area contributed by atoms with Gasteiger partial charge < -0.3 is 10.2 Å². The second kappa shape index (κ2) is 9.65. The molecule has 4 heteroatoms. The van der Waals surface area contributed by atoms with Crippen LogP contribution in [0.25, 0.3) is 0 Å². The molecule has 0 aromatic heterocycles. The van der Waals surface area contributed by atoms with Crippen molar-refractivity contribution in [3.8, 4) is 0 Å². The number of thioether (sulfide) groups is 1. The lowest BCUT2D eigenvalue weighted by Gasteiger charge is -2.18. The van der Waals surface area contributed by atoms with Gasteiger partial charge in [0.25, 0.3) is 0 Å². The minimum absolute atomic E-state index is 0.825. The minimum atomic E-state index is 0.825. The van der Waals surface area contributed by atoms with Crippen LogP contribution in [0, 0.1) is 0 Å². The molecular formula is C15H25ClN2S. The molecule has 2 nitrogen and oxygen atoms in total. The average Bonchev–Trinajstić information content (AvgIpc) is 2.42. The van der Waals surface area contributed by atoms with E-state index in [1.54, 1.807) is 0 Å². The first kappa shape index (κ1) is 16.8. The standard InChI is InChI=1S/C15H25ClN2S/c1-4-17-12-13-7-8-14(16)11-15(13)19-10-9-18(5-2)6-3/h7-8,11,17H,4-6,9-10,12H2,1-3H3. The third kappa shape index (κ3) is 6.17. The fourth-order valence-corrected chi connectivity index (χ4v) is 3.24. The van der Waals surface area contributed by atoms with Gasteiger partial charge in [0.2, 0.25) is 0 Å². The first-order valence-corrected chi connectivity index (χ1v) is 8.41. The zero-order chi connectivity index (χ0) is 14.1. The monoisotopic (exact) mass is 300 g/mol. The summed E-state index contributed by atoms with van der Waals surface area (Å²) >= 11 is 8.01. The number of benzene rings is 1. The zero-order valence-corrected chi connectivity index (χ0v) is 13.8. The summed E-state index contributed by atoms with van der Waals surface area (Å²) in [5.74, 6) is 1.11. The first-order valence-electron chi connectivity index (χ1n) is 7.05. The Kier molecular flexibility index (Phi) is 8.55. The van der Waals surface area contributed by atoms with Crippen molar-refractivity contribution >= 4 is 23.4 Å². The van der Waals surface area contributed by atoms with Crippen molar-refractivity contribution in [2.24, 2.45) is 0 Å². The Hall–Kier alpha value is -0.220. The number of nitrogens with one attached hydrogen (secondary N) is 1. The van der Waals surface area contributed by atoms with E-state index in [0.717, 1.165) is 43.5 Å². The van der Waals surface area contributed by atoms with E-state index in [2.05, 4.69) is 43.1 Å². The number of hydrogen-bond donors (Lipinski definition) is 1. The molecule has 1 rings (SSSR count). The van der Waals surface area contributed by atoms with E-state index >= 15 is 0 Å². The van der Waals surface area contributed by atoms with Crippen molar-refractivity contribution in [1.82, 2.24) is 10.2 Å². The van der Waals surface area contributed by atoms with Gasteiger partial charge in [0.15, 0.2) is 0 Å². The highest BCUT2D eigenvalue weighted by Crippen LogP contribution is 2.26. The van der Waals surface area contributed by atoms with Crippen molar-refractivity contribution in [2.45, 2.75) is 32.2 Å². The summed E-state index contributed by atoms with van der Waals surface area (Å²) < 4.78 is 0. The van der Waals surface area contributed by atoms with Crippen LogP contribution in [0.2, 0.25) is 5.02 Å². The topological polar surface area (TPSA) is 15.3 Å². The van der Waals surface area contributed by atoms with Crippen molar-refractivity contribution in [1.29, 1.82) is 0 Å². The van der Waals surface area contributed by atoms with E-state index in [1.807, 2.05) is 17.8 Å². The van der Waals surface area contributed by atoms with Gasteiger partial charge in [-0.25, -0.2) is 0 Å². The van der Waals surface area contributed by atoms with Gasteiger partial charge in [-0.3, -0.25) is 0 Å². The van der Waals surface area contributed by atoms with Gasteiger partial charge in [0, 0.05) is 28.8 Å². The van der Waals surface area contributed by atoms with Crippen LogP contribution in [0.5, 0.6) is 0 Å². The molecule has 0 aliphatic rings. The maximum absolute atomic E-state index is 6.10. The molecule has 0 fully saturated rings. The Labute approximate surface area is 126 Å². The van der Waals surface area contributed by atoms with E-state index in [1.165, 1.54) is 10.5 Å². The van der Waals surface area contributed by atoms with Gasteiger partial charge >= 0.3 is 0 Å². The van der Waals surface area contributed by atoms with E-state index in [0.29, 0.717) is 0 Å². The largest absolute Gasteiger partial charge is 0.313 e. The smallest absolute Gasteiger partial charge is 0.0417 e. The Bertz CT molecular complexity index is 367. The molecular weight excluding hydrogens is 276 g/mol. The fraction of sp³-hybridized carbons (Fsp3) is 0.600. The molecule has 19 heavy (non-hydrogen) atoms. The summed E-state index contributed by atoms with van der Waals surface area (Å²) in [7, 11) is 0. The lowest BCUT2D eigenvalue weighted by Crippen LogP contribution is -2.25. The molecule has 1 N–H and O–H groups in total. The highest BCUT2D eigenvalue weighted by molar-refractivity contribution is 7.99. The number of nitrogens with zero attached hydrogens (tertiary/aromatic N) is 1. The van der Waals surface area contributed by atoms with Crippen molar-refractivity contribution in [2.75, 3.05) is 31.9 Å². The van der Waals surface area contributed by atoms with Crippen LogP contribution >= 0.6 is 23.4 Å². The Morgan fingerprint density at radius 3 is 2.58 bits per heavy atom. The number of rotatable bonds is 9.